The average Bonchev–Trinajstić information content (AvgIpc) is 3.37. The van der Waals surface area contributed by atoms with E-state index in [1.807, 2.05) is 42.3 Å². The molecule has 3 aromatic rings. The highest BCUT2D eigenvalue weighted by Gasteiger charge is 2.26. The fraction of sp³-hybridized carbons (Fsp3) is 0.300. The highest BCUT2D eigenvalue weighted by molar-refractivity contribution is 6.30. The third-order valence-electron chi connectivity index (χ3n) is 4.95. The van der Waals surface area contributed by atoms with Gasteiger partial charge in [-0.15, -0.1) is 12.4 Å². The van der Waals surface area contributed by atoms with E-state index in [1.165, 1.54) is 0 Å². The molecule has 3 heterocycles. The first-order chi connectivity index (χ1) is 13.2. The van der Waals surface area contributed by atoms with Crippen LogP contribution < -0.4 is 5.32 Å². The van der Waals surface area contributed by atoms with E-state index in [9.17, 15) is 4.79 Å². The summed E-state index contributed by atoms with van der Waals surface area (Å²) in [5.41, 5.74) is 1.90. The molecule has 1 fully saturated rings. The molecular weight excluding hydrogens is 399 g/mol. The maximum Gasteiger partial charge on any atom is 0.274 e. The van der Waals surface area contributed by atoms with Crippen molar-refractivity contribution in [2.75, 3.05) is 20.1 Å². The molecule has 0 spiro atoms. The molecule has 28 heavy (non-hydrogen) atoms. The van der Waals surface area contributed by atoms with Crippen molar-refractivity contribution in [2.24, 2.45) is 0 Å². The van der Waals surface area contributed by atoms with Crippen molar-refractivity contribution in [1.29, 1.82) is 0 Å². The summed E-state index contributed by atoms with van der Waals surface area (Å²) in [5, 5.41) is 8.47. The summed E-state index contributed by atoms with van der Waals surface area (Å²) in [6, 6.07) is 13.3. The third-order valence-corrected chi connectivity index (χ3v) is 5.18. The number of carbonyl (C=O) groups excluding carboxylic acids is 1. The van der Waals surface area contributed by atoms with Crippen molar-refractivity contribution in [3.63, 3.8) is 0 Å². The number of halogens is 2. The Kier molecular flexibility index (Phi) is 6.44. The minimum atomic E-state index is -0.0573. The Morgan fingerprint density at radius 2 is 2.00 bits per heavy atom. The fourth-order valence-corrected chi connectivity index (χ4v) is 3.61. The first-order valence-electron chi connectivity index (χ1n) is 9.02. The van der Waals surface area contributed by atoms with Crippen molar-refractivity contribution in [3.05, 3.63) is 59.4 Å². The zero-order valence-electron chi connectivity index (χ0n) is 15.5. The Morgan fingerprint density at radius 1 is 1.21 bits per heavy atom. The molecule has 1 aliphatic rings. The SMILES string of the molecule is CNC1CCN(C(=O)c2cc(-c3ccco3)n(-c3cccc(Cl)c3)n2)CC1.Cl. The lowest BCUT2D eigenvalue weighted by Crippen LogP contribution is -2.44. The first kappa shape index (κ1) is 20.5. The van der Waals surface area contributed by atoms with E-state index in [4.69, 9.17) is 16.0 Å². The number of aromatic nitrogens is 2. The van der Waals surface area contributed by atoms with Crippen LogP contribution in [0.3, 0.4) is 0 Å². The number of hydrogen-bond acceptors (Lipinski definition) is 4. The predicted molar refractivity (Wildman–Crippen MR) is 112 cm³/mol. The van der Waals surface area contributed by atoms with Crippen molar-refractivity contribution < 1.29 is 9.21 Å². The van der Waals surface area contributed by atoms with Crippen LogP contribution in [0, 0.1) is 0 Å². The quantitative estimate of drug-likeness (QED) is 0.691. The lowest BCUT2D eigenvalue weighted by atomic mass is 10.1. The largest absolute Gasteiger partial charge is 0.463 e. The Morgan fingerprint density at radius 3 is 2.64 bits per heavy atom. The normalized spacial score (nSPS) is 14.7. The lowest BCUT2D eigenvalue weighted by molar-refractivity contribution is 0.0701. The molecule has 0 bridgehead atoms. The smallest absolute Gasteiger partial charge is 0.274 e. The van der Waals surface area contributed by atoms with Gasteiger partial charge in [0.2, 0.25) is 0 Å². The molecule has 148 valence electrons. The van der Waals surface area contributed by atoms with Gasteiger partial charge in [-0.2, -0.15) is 5.10 Å². The number of amides is 1. The van der Waals surface area contributed by atoms with Gasteiger partial charge in [0.15, 0.2) is 11.5 Å². The summed E-state index contributed by atoms with van der Waals surface area (Å²) < 4.78 is 7.26. The summed E-state index contributed by atoms with van der Waals surface area (Å²) in [6.07, 6.45) is 3.50. The zero-order valence-corrected chi connectivity index (χ0v) is 17.0. The van der Waals surface area contributed by atoms with Gasteiger partial charge in [-0.25, -0.2) is 4.68 Å². The van der Waals surface area contributed by atoms with E-state index in [-0.39, 0.29) is 18.3 Å². The molecule has 1 aromatic carbocycles. The number of piperidine rings is 1. The molecular formula is C20H22Cl2N4O2. The summed E-state index contributed by atoms with van der Waals surface area (Å²) in [4.78, 5) is 14.9. The number of nitrogens with zero attached hydrogens (tertiary/aromatic N) is 3. The van der Waals surface area contributed by atoms with Crippen LogP contribution in [-0.2, 0) is 0 Å². The summed E-state index contributed by atoms with van der Waals surface area (Å²) >= 11 is 6.14. The van der Waals surface area contributed by atoms with Gasteiger partial charge >= 0.3 is 0 Å². The monoisotopic (exact) mass is 420 g/mol. The predicted octanol–water partition coefficient (Wildman–Crippen LogP) is 4.03. The molecule has 1 N–H and O–H groups in total. The second kappa shape index (κ2) is 8.82. The number of hydrogen-bond donors (Lipinski definition) is 1. The summed E-state index contributed by atoms with van der Waals surface area (Å²) in [6.45, 7) is 1.45. The molecule has 0 saturated carbocycles. The number of carbonyl (C=O) groups is 1. The van der Waals surface area contributed by atoms with E-state index in [0.717, 1.165) is 37.3 Å². The molecule has 0 aliphatic carbocycles. The molecule has 1 amide bonds. The topological polar surface area (TPSA) is 63.3 Å². The number of benzene rings is 1. The van der Waals surface area contributed by atoms with Crippen LogP contribution in [0.1, 0.15) is 23.3 Å². The van der Waals surface area contributed by atoms with Crippen LogP contribution in [-0.4, -0.2) is 46.8 Å². The Bertz CT molecular complexity index is 932. The second-order valence-corrected chi connectivity index (χ2v) is 7.08. The van der Waals surface area contributed by atoms with Crippen LogP contribution in [0.25, 0.3) is 17.1 Å². The van der Waals surface area contributed by atoms with Crippen molar-refractivity contribution >= 4 is 29.9 Å². The van der Waals surface area contributed by atoms with Crippen LogP contribution in [0.5, 0.6) is 0 Å². The maximum absolute atomic E-state index is 13.0. The molecule has 8 heteroatoms. The van der Waals surface area contributed by atoms with Gasteiger partial charge in [-0.1, -0.05) is 17.7 Å². The molecule has 0 unspecified atom stereocenters. The molecule has 4 rings (SSSR count). The summed E-state index contributed by atoms with van der Waals surface area (Å²) in [5.74, 6) is 0.591. The lowest BCUT2D eigenvalue weighted by Gasteiger charge is -2.31. The van der Waals surface area contributed by atoms with Crippen molar-refractivity contribution in [1.82, 2.24) is 20.0 Å². The highest BCUT2D eigenvalue weighted by Crippen LogP contribution is 2.26. The average molecular weight is 421 g/mol. The van der Waals surface area contributed by atoms with E-state index in [0.29, 0.717) is 22.5 Å². The number of likely N-dealkylation sites (tertiary alicyclic amines) is 1. The van der Waals surface area contributed by atoms with Gasteiger partial charge in [0.25, 0.3) is 5.91 Å². The molecule has 6 nitrogen and oxygen atoms in total. The van der Waals surface area contributed by atoms with Gasteiger partial charge in [0.05, 0.1) is 12.0 Å². The second-order valence-electron chi connectivity index (χ2n) is 6.64. The van der Waals surface area contributed by atoms with Crippen LogP contribution >= 0.6 is 24.0 Å². The van der Waals surface area contributed by atoms with Gasteiger partial charge < -0.3 is 14.6 Å². The Balaban J connectivity index is 0.00000225. The molecule has 0 radical (unpaired) electrons. The van der Waals surface area contributed by atoms with Gasteiger partial charge in [0, 0.05) is 30.2 Å². The fourth-order valence-electron chi connectivity index (χ4n) is 3.42. The van der Waals surface area contributed by atoms with Gasteiger partial charge in [-0.3, -0.25) is 4.79 Å². The minimum Gasteiger partial charge on any atom is -0.463 e. The van der Waals surface area contributed by atoms with Crippen LogP contribution in [0.15, 0.2) is 53.1 Å². The van der Waals surface area contributed by atoms with E-state index in [2.05, 4.69) is 10.4 Å². The Labute approximate surface area is 174 Å². The van der Waals surface area contributed by atoms with Crippen LogP contribution in [0.2, 0.25) is 5.02 Å². The third kappa shape index (κ3) is 4.09. The number of furan rings is 1. The number of rotatable bonds is 4. The van der Waals surface area contributed by atoms with Gasteiger partial charge in [-0.05, 0) is 50.2 Å². The van der Waals surface area contributed by atoms with Crippen LogP contribution in [0.4, 0.5) is 0 Å². The van der Waals surface area contributed by atoms with Crippen molar-refractivity contribution in [3.8, 4) is 17.1 Å². The maximum atomic E-state index is 13.0. The molecule has 0 atom stereocenters. The van der Waals surface area contributed by atoms with E-state index >= 15 is 0 Å². The van der Waals surface area contributed by atoms with Gasteiger partial charge in [0.1, 0.15) is 5.69 Å². The number of nitrogens with one attached hydrogen (secondary N) is 1. The van der Waals surface area contributed by atoms with Crippen molar-refractivity contribution in [2.45, 2.75) is 18.9 Å². The van der Waals surface area contributed by atoms with E-state index < -0.39 is 0 Å². The van der Waals surface area contributed by atoms with E-state index in [1.54, 1.807) is 23.1 Å². The standard InChI is InChI=1S/C20H21ClN4O2.ClH/c1-22-15-7-9-24(10-8-15)20(26)17-13-18(19-6-3-11-27-19)25(23-17)16-5-2-4-14(21)12-16;/h2-6,11-13,15,22H,7-10H2,1H3;1H. The highest BCUT2D eigenvalue weighted by atomic mass is 35.5. The molecule has 1 aliphatic heterocycles. The first-order valence-corrected chi connectivity index (χ1v) is 9.40. The summed E-state index contributed by atoms with van der Waals surface area (Å²) in [7, 11) is 1.96. The molecule has 2 aromatic heterocycles. The Hall–Kier alpha value is -2.28. The zero-order chi connectivity index (χ0) is 18.8. The minimum absolute atomic E-state index is 0. The molecule has 1 saturated heterocycles.